The average Bonchev–Trinajstić information content (AvgIpc) is 3.27. The molecule has 0 aliphatic carbocycles. The maximum Gasteiger partial charge on any atom is 0.261 e. The minimum atomic E-state index is -0.846. The summed E-state index contributed by atoms with van der Waals surface area (Å²) in [7, 11) is 4.81. The Morgan fingerprint density at radius 3 is 2.02 bits per heavy atom. The number of amides is 3. The van der Waals surface area contributed by atoms with E-state index in [0.29, 0.717) is 56.2 Å². The Bertz CT molecular complexity index is 1370. The maximum absolute atomic E-state index is 14.1. The number of anilines is 1. The molecule has 2 heterocycles. The lowest BCUT2D eigenvalue weighted by Gasteiger charge is -2.43. The van der Waals surface area contributed by atoms with E-state index < -0.39 is 5.54 Å². The van der Waals surface area contributed by atoms with Gasteiger partial charge in [0.05, 0.1) is 20.9 Å². The van der Waals surface area contributed by atoms with Gasteiger partial charge in [-0.3, -0.25) is 14.4 Å². The molecule has 0 saturated carbocycles. The highest BCUT2D eigenvalue weighted by molar-refractivity contribution is 6.00. The van der Waals surface area contributed by atoms with Gasteiger partial charge >= 0.3 is 0 Å². The number of benzene rings is 3. The maximum atomic E-state index is 14.1. The number of carbonyl (C=O) groups is 3. The summed E-state index contributed by atoms with van der Waals surface area (Å²) in [6.45, 7) is 1.53. The number of carbonyl (C=O) groups excluding carboxylic acids is 3. The van der Waals surface area contributed by atoms with Crippen molar-refractivity contribution in [1.29, 1.82) is 0 Å². The molecule has 0 N–H and O–H groups in total. The molecule has 2 fully saturated rings. The van der Waals surface area contributed by atoms with Gasteiger partial charge in [0.1, 0.15) is 29.1 Å². The highest BCUT2D eigenvalue weighted by Crippen LogP contribution is 2.40. The van der Waals surface area contributed by atoms with Crippen LogP contribution in [-0.2, 0) is 16.1 Å². The van der Waals surface area contributed by atoms with Gasteiger partial charge in [-0.1, -0.05) is 54.6 Å². The van der Waals surface area contributed by atoms with Crippen LogP contribution in [0.3, 0.4) is 0 Å². The Labute approximate surface area is 240 Å². The normalized spacial score (nSPS) is 16.2. The van der Waals surface area contributed by atoms with Crippen LogP contribution in [0.25, 0.3) is 0 Å². The third kappa shape index (κ3) is 5.44. The molecular weight excluding hydrogens is 520 g/mol. The second-order valence-electron chi connectivity index (χ2n) is 10.5. The first-order valence-electron chi connectivity index (χ1n) is 13.8. The summed E-state index contributed by atoms with van der Waals surface area (Å²) in [6, 6.07) is 24.8. The molecule has 1 spiro atoms. The Balaban J connectivity index is 1.35. The van der Waals surface area contributed by atoms with E-state index in [2.05, 4.69) is 4.90 Å². The molecule has 5 rings (SSSR count). The SMILES string of the molecule is COc1cccc(OC)c1C(=O)N1CCC2(CC1)C(=O)N(CC(=O)N(C)Cc1ccccc1)CN2c1ccccc1. The molecule has 2 aliphatic rings. The molecule has 0 unspecified atom stereocenters. The number of likely N-dealkylation sites (N-methyl/N-ethyl adjacent to an activating group) is 1. The second-order valence-corrected chi connectivity index (χ2v) is 10.5. The van der Waals surface area contributed by atoms with E-state index >= 15 is 0 Å². The summed E-state index contributed by atoms with van der Waals surface area (Å²) in [5.74, 6) is 0.497. The molecule has 3 amide bonds. The van der Waals surface area contributed by atoms with Crippen molar-refractivity contribution in [2.75, 3.05) is 52.5 Å². The lowest BCUT2D eigenvalue weighted by atomic mass is 9.85. The Morgan fingerprint density at radius 2 is 1.44 bits per heavy atom. The smallest absolute Gasteiger partial charge is 0.261 e. The fourth-order valence-electron chi connectivity index (χ4n) is 5.85. The molecule has 41 heavy (non-hydrogen) atoms. The van der Waals surface area contributed by atoms with E-state index in [0.717, 1.165) is 11.3 Å². The molecule has 3 aromatic rings. The first-order chi connectivity index (χ1) is 19.9. The third-order valence-electron chi connectivity index (χ3n) is 8.12. The summed E-state index contributed by atoms with van der Waals surface area (Å²) in [5, 5.41) is 0. The van der Waals surface area contributed by atoms with Gasteiger partial charge in [0.2, 0.25) is 5.91 Å². The van der Waals surface area contributed by atoms with Crippen molar-refractivity contribution in [1.82, 2.24) is 14.7 Å². The van der Waals surface area contributed by atoms with Crippen molar-refractivity contribution < 1.29 is 23.9 Å². The molecular formula is C32H36N4O5. The minimum Gasteiger partial charge on any atom is -0.496 e. The van der Waals surface area contributed by atoms with Crippen molar-refractivity contribution in [3.8, 4) is 11.5 Å². The quantitative estimate of drug-likeness (QED) is 0.422. The zero-order valence-electron chi connectivity index (χ0n) is 23.8. The van der Waals surface area contributed by atoms with Gasteiger partial charge in [0.15, 0.2) is 0 Å². The molecule has 9 heteroatoms. The number of likely N-dealkylation sites (tertiary alicyclic amines) is 1. The standard InChI is InChI=1S/C32H36N4O5/c1-33(21-24-11-6-4-7-12-24)28(37)22-35-23-36(25-13-8-5-9-14-25)32(31(35)39)17-19-34(20-18-32)30(38)29-26(40-2)15-10-16-27(29)41-3/h4-16H,17-23H2,1-3H3. The van der Waals surface area contributed by atoms with Crippen molar-refractivity contribution in [2.24, 2.45) is 0 Å². The first-order valence-corrected chi connectivity index (χ1v) is 13.8. The van der Waals surface area contributed by atoms with Gasteiger partial charge in [0.25, 0.3) is 11.8 Å². The summed E-state index contributed by atoms with van der Waals surface area (Å²) >= 11 is 0. The number of rotatable bonds is 8. The molecule has 0 aromatic heterocycles. The first kappa shape index (κ1) is 28.0. The van der Waals surface area contributed by atoms with Crippen LogP contribution in [0.4, 0.5) is 5.69 Å². The lowest BCUT2D eigenvalue weighted by Crippen LogP contribution is -2.57. The molecule has 0 atom stereocenters. The van der Waals surface area contributed by atoms with Crippen LogP contribution in [0.15, 0.2) is 78.9 Å². The molecule has 2 aliphatic heterocycles. The third-order valence-corrected chi connectivity index (χ3v) is 8.12. The number of hydrogen-bond acceptors (Lipinski definition) is 6. The molecule has 9 nitrogen and oxygen atoms in total. The predicted octanol–water partition coefficient (Wildman–Crippen LogP) is 3.64. The van der Waals surface area contributed by atoms with E-state index in [1.54, 1.807) is 39.9 Å². The molecule has 0 radical (unpaired) electrons. The zero-order valence-corrected chi connectivity index (χ0v) is 23.8. The van der Waals surface area contributed by atoms with Gasteiger partial charge in [-0.05, 0) is 42.7 Å². The molecule has 0 bridgehead atoms. The van der Waals surface area contributed by atoms with Crippen LogP contribution in [0.2, 0.25) is 0 Å². The highest BCUT2D eigenvalue weighted by atomic mass is 16.5. The summed E-state index contributed by atoms with van der Waals surface area (Å²) in [5.41, 5.74) is 1.47. The largest absolute Gasteiger partial charge is 0.496 e. The van der Waals surface area contributed by atoms with E-state index in [1.807, 2.05) is 60.7 Å². The van der Waals surface area contributed by atoms with Gasteiger partial charge in [-0.2, -0.15) is 0 Å². The van der Waals surface area contributed by atoms with Crippen molar-refractivity contribution >= 4 is 23.4 Å². The fourth-order valence-corrected chi connectivity index (χ4v) is 5.85. The van der Waals surface area contributed by atoms with Crippen LogP contribution in [0, 0.1) is 0 Å². The number of nitrogens with zero attached hydrogens (tertiary/aromatic N) is 4. The fraction of sp³-hybridized carbons (Fsp3) is 0.344. The van der Waals surface area contributed by atoms with Gasteiger partial charge < -0.3 is 29.1 Å². The van der Waals surface area contributed by atoms with Crippen LogP contribution in [-0.4, -0.2) is 85.5 Å². The van der Waals surface area contributed by atoms with Gasteiger partial charge in [-0.15, -0.1) is 0 Å². The highest BCUT2D eigenvalue weighted by Gasteiger charge is 2.54. The van der Waals surface area contributed by atoms with Crippen molar-refractivity contribution in [3.05, 3.63) is 90.0 Å². The van der Waals surface area contributed by atoms with E-state index in [9.17, 15) is 14.4 Å². The molecule has 3 aromatic carbocycles. The van der Waals surface area contributed by atoms with Gasteiger partial charge in [-0.25, -0.2) is 0 Å². The summed E-state index contributed by atoms with van der Waals surface area (Å²) in [6.07, 6.45) is 0.878. The minimum absolute atomic E-state index is 0.00565. The average molecular weight is 557 g/mol. The Kier molecular flexibility index (Phi) is 8.14. The number of methoxy groups -OCH3 is 2. The van der Waals surface area contributed by atoms with E-state index in [-0.39, 0.29) is 24.3 Å². The number of ether oxygens (including phenoxy) is 2. The monoisotopic (exact) mass is 556 g/mol. The predicted molar refractivity (Wildman–Crippen MR) is 156 cm³/mol. The lowest BCUT2D eigenvalue weighted by molar-refractivity contribution is -0.140. The van der Waals surface area contributed by atoms with E-state index in [4.69, 9.17) is 9.47 Å². The Morgan fingerprint density at radius 1 is 0.854 bits per heavy atom. The number of hydrogen-bond donors (Lipinski definition) is 0. The summed E-state index contributed by atoms with van der Waals surface area (Å²) in [4.78, 5) is 48.1. The second kappa shape index (κ2) is 11.9. The van der Waals surface area contributed by atoms with Crippen LogP contribution >= 0.6 is 0 Å². The van der Waals surface area contributed by atoms with Crippen molar-refractivity contribution in [2.45, 2.75) is 24.9 Å². The van der Waals surface area contributed by atoms with Crippen LogP contribution < -0.4 is 14.4 Å². The van der Waals surface area contributed by atoms with Crippen LogP contribution in [0.1, 0.15) is 28.8 Å². The van der Waals surface area contributed by atoms with Crippen LogP contribution in [0.5, 0.6) is 11.5 Å². The van der Waals surface area contributed by atoms with Crippen molar-refractivity contribution in [3.63, 3.8) is 0 Å². The van der Waals surface area contributed by atoms with E-state index in [1.165, 1.54) is 14.2 Å². The zero-order chi connectivity index (χ0) is 29.0. The van der Waals surface area contributed by atoms with Gasteiger partial charge in [0, 0.05) is 32.4 Å². The molecule has 2 saturated heterocycles. The molecule has 214 valence electrons. The number of para-hydroxylation sites is 1. The summed E-state index contributed by atoms with van der Waals surface area (Å²) < 4.78 is 10.9. The Hall–Kier alpha value is -4.53. The number of piperidine rings is 1. The topological polar surface area (TPSA) is 82.6 Å².